The number of nitrogens with two attached hydrogens (primary N) is 1. The molecule has 0 aromatic heterocycles. The minimum Gasteiger partial charge on any atom is -0.379 e. The molecule has 0 saturated carbocycles. The maximum atomic E-state index is 8.56. The van der Waals surface area contributed by atoms with Crippen LogP contribution in [0, 0.1) is 11.3 Å². The molecule has 10 heavy (non-hydrogen) atoms. The van der Waals surface area contributed by atoms with Crippen LogP contribution in [0.4, 0.5) is 0 Å². The molecule has 0 radical (unpaired) electrons. The molecule has 2 N–H and O–H groups in total. The third-order valence-corrected chi connectivity index (χ3v) is 1.42. The van der Waals surface area contributed by atoms with Gasteiger partial charge in [-0.05, 0) is 13.3 Å². The molecule has 0 bridgehead atoms. The molecule has 3 nitrogen and oxygen atoms in total. The second-order valence-corrected chi connectivity index (χ2v) is 2.26. The normalized spacial score (nSPS) is 15.8. The van der Waals surface area contributed by atoms with Gasteiger partial charge in [0.25, 0.3) is 0 Å². The summed E-state index contributed by atoms with van der Waals surface area (Å²) in [5, 5.41) is 8.56. The summed E-state index contributed by atoms with van der Waals surface area (Å²) in [6, 6.07) is 2.02. The van der Waals surface area contributed by atoms with E-state index in [1.807, 2.05) is 19.9 Å². The molecule has 0 amide bonds. The molecule has 0 rings (SSSR count). The Bertz CT molecular complexity index is 130. The van der Waals surface area contributed by atoms with Crippen LogP contribution in [0.15, 0.2) is 0 Å². The van der Waals surface area contributed by atoms with Crippen LogP contribution in [0.3, 0.4) is 0 Å². The predicted molar refractivity (Wildman–Crippen MR) is 39.3 cm³/mol. The number of hydrogen-bond acceptors (Lipinski definition) is 3. The molecule has 0 aliphatic rings. The second-order valence-electron chi connectivity index (χ2n) is 2.26. The Balaban J connectivity index is 3.72. The summed E-state index contributed by atoms with van der Waals surface area (Å²) in [6.45, 7) is 4.70. The van der Waals surface area contributed by atoms with Crippen molar-refractivity contribution in [3.05, 3.63) is 0 Å². The fourth-order valence-electron chi connectivity index (χ4n) is 0.498. The van der Waals surface area contributed by atoms with Gasteiger partial charge in [-0.15, -0.1) is 0 Å². The first-order chi connectivity index (χ1) is 4.68. The fraction of sp³-hybridized carbons (Fsp3) is 0.857. The summed E-state index contributed by atoms with van der Waals surface area (Å²) >= 11 is 0. The molecule has 1 atom stereocenters. The summed E-state index contributed by atoms with van der Waals surface area (Å²) in [5.41, 5.74) is 4.81. The number of hydrogen-bond donors (Lipinski definition) is 1. The van der Waals surface area contributed by atoms with Crippen molar-refractivity contribution in [3.63, 3.8) is 0 Å². The van der Waals surface area contributed by atoms with E-state index < -0.39 is 5.54 Å². The van der Waals surface area contributed by atoms with Crippen LogP contribution in [-0.4, -0.2) is 18.8 Å². The first-order valence-corrected chi connectivity index (χ1v) is 3.46. The van der Waals surface area contributed by atoms with E-state index in [1.165, 1.54) is 0 Å². The van der Waals surface area contributed by atoms with Crippen LogP contribution in [0.5, 0.6) is 0 Å². The van der Waals surface area contributed by atoms with E-state index in [-0.39, 0.29) is 0 Å². The minimum absolute atomic E-state index is 0.330. The van der Waals surface area contributed by atoms with Gasteiger partial charge in [0.1, 0.15) is 5.54 Å². The predicted octanol–water partition coefficient (Wildman–Crippen LogP) is 0.654. The Morgan fingerprint density at radius 3 is 2.50 bits per heavy atom. The van der Waals surface area contributed by atoms with Gasteiger partial charge in [0, 0.05) is 6.61 Å². The van der Waals surface area contributed by atoms with Gasteiger partial charge in [0.05, 0.1) is 12.7 Å². The first-order valence-electron chi connectivity index (χ1n) is 3.46. The molecule has 0 aliphatic heterocycles. The van der Waals surface area contributed by atoms with Crippen molar-refractivity contribution in [2.24, 2.45) is 5.73 Å². The summed E-state index contributed by atoms with van der Waals surface area (Å²) in [7, 11) is 0. The van der Waals surface area contributed by atoms with E-state index >= 15 is 0 Å². The highest BCUT2D eigenvalue weighted by molar-refractivity contribution is 5.03. The zero-order valence-electron chi connectivity index (χ0n) is 6.55. The zero-order valence-corrected chi connectivity index (χ0v) is 6.55. The molecule has 0 spiro atoms. The van der Waals surface area contributed by atoms with E-state index in [0.29, 0.717) is 19.6 Å². The Morgan fingerprint density at radius 2 is 2.20 bits per heavy atom. The van der Waals surface area contributed by atoms with Crippen molar-refractivity contribution in [1.82, 2.24) is 0 Å². The van der Waals surface area contributed by atoms with Crippen molar-refractivity contribution < 1.29 is 4.74 Å². The smallest absolute Gasteiger partial charge is 0.127 e. The molecule has 3 heteroatoms. The van der Waals surface area contributed by atoms with E-state index in [9.17, 15) is 0 Å². The molecular formula is C7H14N2O. The summed E-state index contributed by atoms with van der Waals surface area (Å²) < 4.78 is 5.03. The summed E-state index contributed by atoms with van der Waals surface area (Å²) in [5.74, 6) is 0. The summed E-state index contributed by atoms with van der Waals surface area (Å²) in [6.07, 6.45) is 0.628. The largest absolute Gasteiger partial charge is 0.379 e. The molecule has 0 fully saturated rings. The number of nitriles is 1. The van der Waals surface area contributed by atoms with Gasteiger partial charge in [-0.2, -0.15) is 5.26 Å². The molecule has 0 heterocycles. The molecule has 0 aliphatic carbocycles. The van der Waals surface area contributed by atoms with Gasteiger partial charge >= 0.3 is 0 Å². The van der Waals surface area contributed by atoms with Crippen molar-refractivity contribution in [3.8, 4) is 6.07 Å². The number of rotatable bonds is 4. The first kappa shape index (κ1) is 9.41. The highest BCUT2D eigenvalue weighted by atomic mass is 16.5. The highest BCUT2D eigenvalue weighted by Crippen LogP contribution is 2.04. The molecular weight excluding hydrogens is 128 g/mol. The van der Waals surface area contributed by atoms with Gasteiger partial charge < -0.3 is 10.5 Å². The van der Waals surface area contributed by atoms with E-state index in [4.69, 9.17) is 15.7 Å². The number of ether oxygens (including phenoxy) is 1. The van der Waals surface area contributed by atoms with Crippen LogP contribution in [0.2, 0.25) is 0 Å². The Kier molecular flexibility index (Phi) is 4.01. The van der Waals surface area contributed by atoms with Crippen LogP contribution < -0.4 is 5.73 Å². The molecule has 0 saturated heterocycles. The molecule has 58 valence electrons. The van der Waals surface area contributed by atoms with Crippen LogP contribution >= 0.6 is 0 Å². The SMILES string of the molecule is CCOCC(N)(C#N)CC. The van der Waals surface area contributed by atoms with Crippen molar-refractivity contribution in [1.29, 1.82) is 5.26 Å². The van der Waals surface area contributed by atoms with Gasteiger partial charge in [-0.3, -0.25) is 0 Å². The van der Waals surface area contributed by atoms with Crippen molar-refractivity contribution in [2.75, 3.05) is 13.2 Å². The third kappa shape index (κ3) is 2.81. The lowest BCUT2D eigenvalue weighted by Crippen LogP contribution is -2.42. The van der Waals surface area contributed by atoms with Gasteiger partial charge in [-0.25, -0.2) is 0 Å². The quantitative estimate of drug-likeness (QED) is 0.627. The average Bonchev–Trinajstić information content (AvgIpc) is 2.00. The summed E-state index contributed by atoms with van der Waals surface area (Å²) in [4.78, 5) is 0. The van der Waals surface area contributed by atoms with Crippen LogP contribution in [0.1, 0.15) is 20.3 Å². The fourth-order valence-corrected chi connectivity index (χ4v) is 0.498. The monoisotopic (exact) mass is 142 g/mol. The third-order valence-electron chi connectivity index (χ3n) is 1.42. The molecule has 1 unspecified atom stereocenters. The lowest BCUT2D eigenvalue weighted by Gasteiger charge is -2.18. The lowest BCUT2D eigenvalue weighted by atomic mass is 10.0. The topological polar surface area (TPSA) is 59.0 Å². The number of nitrogens with zero attached hydrogens (tertiary/aromatic N) is 1. The highest BCUT2D eigenvalue weighted by Gasteiger charge is 2.21. The average molecular weight is 142 g/mol. The van der Waals surface area contributed by atoms with Gasteiger partial charge in [0.2, 0.25) is 0 Å². The Hall–Kier alpha value is -0.590. The standard InChI is InChI=1S/C7H14N2O/c1-3-7(9,5-8)6-10-4-2/h3-4,6,9H2,1-2H3. The van der Waals surface area contributed by atoms with Crippen LogP contribution in [-0.2, 0) is 4.74 Å². The Labute approximate surface area is 61.8 Å². The van der Waals surface area contributed by atoms with E-state index in [2.05, 4.69) is 0 Å². The lowest BCUT2D eigenvalue weighted by molar-refractivity contribution is 0.112. The van der Waals surface area contributed by atoms with Crippen molar-refractivity contribution >= 4 is 0 Å². The zero-order chi connectivity index (χ0) is 8.04. The minimum atomic E-state index is -0.782. The van der Waals surface area contributed by atoms with E-state index in [1.54, 1.807) is 0 Å². The Morgan fingerprint density at radius 1 is 1.60 bits per heavy atom. The van der Waals surface area contributed by atoms with E-state index in [0.717, 1.165) is 0 Å². The maximum absolute atomic E-state index is 8.56. The van der Waals surface area contributed by atoms with Crippen molar-refractivity contribution in [2.45, 2.75) is 25.8 Å². The molecule has 0 aromatic carbocycles. The molecule has 0 aromatic rings. The van der Waals surface area contributed by atoms with Gasteiger partial charge in [-0.1, -0.05) is 6.92 Å². The second kappa shape index (κ2) is 4.26. The van der Waals surface area contributed by atoms with Crippen LogP contribution in [0.25, 0.3) is 0 Å². The van der Waals surface area contributed by atoms with Gasteiger partial charge in [0.15, 0.2) is 0 Å². The maximum Gasteiger partial charge on any atom is 0.127 e.